The van der Waals surface area contributed by atoms with Crippen molar-refractivity contribution in [3.63, 3.8) is 0 Å². The number of nitro benzene ring substituents is 1. The Morgan fingerprint density at radius 2 is 1.87 bits per heavy atom. The maximum Gasteiger partial charge on any atom is 0.269 e. The number of benzene rings is 2. The molecular weight excluding hydrogens is 418 g/mol. The van der Waals surface area contributed by atoms with Gasteiger partial charge in [0.05, 0.1) is 10.7 Å². The maximum absolute atomic E-state index is 12.2. The molecule has 0 fully saturated rings. The van der Waals surface area contributed by atoms with Crippen molar-refractivity contribution >= 4 is 29.0 Å². The van der Waals surface area contributed by atoms with Crippen molar-refractivity contribution in [2.45, 2.75) is 31.5 Å². The summed E-state index contributed by atoms with van der Waals surface area (Å²) in [5.41, 5.74) is 1.70. The molecule has 0 spiro atoms. The molecule has 31 heavy (non-hydrogen) atoms. The van der Waals surface area contributed by atoms with Crippen LogP contribution < -0.4 is 10.1 Å². The maximum atomic E-state index is 12.2. The van der Waals surface area contributed by atoms with Crippen LogP contribution in [-0.4, -0.2) is 31.3 Å². The third kappa shape index (κ3) is 5.82. The minimum absolute atomic E-state index is 0.0309. The summed E-state index contributed by atoms with van der Waals surface area (Å²) >= 11 is 1.25. The molecule has 0 aliphatic rings. The number of rotatable bonds is 9. The molecule has 1 aromatic heterocycles. The summed E-state index contributed by atoms with van der Waals surface area (Å²) in [6, 6.07) is 13.6. The smallest absolute Gasteiger partial charge is 0.269 e. The van der Waals surface area contributed by atoms with Gasteiger partial charge in [0.2, 0.25) is 5.91 Å². The number of carbonyl (C=O) groups is 1. The van der Waals surface area contributed by atoms with Gasteiger partial charge in [-0.25, -0.2) is 0 Å². The van der Waals surface area contributed by atoms with Crippen LogP contribution in [-0.2, 0) is 18.3 Å². The Balaban J connectivity index is 1.55. The molecule has 2 aromatic carbocycles. The second kappa shape index (κ2) is 10.1. The fraction of sp³-hybridized carbons (Fsp3) is 0.286. The average Bonchev–Trinajstić information content (AvgIpc) is 3.13. The van der Waals surface area contributed by atoms with Crippen LogP contribution in [0.3, 0.4) is 0 Å². The van der Waals surface area contributed by atoms with Gasteiger partial charge in [0.15, 0.2) is 17.1 Å². The molecule has 0 aliphatic heterocycles. The highest BCUT2D eigenvalue weighted by Crippen LogP contribution is 2.24. The molecule has 9 nitrogen and oxygen atoms in total. The summed E-state index contributed by atoms with van der Waals surface area (Å²) in [6.45, 7) is 4.00. The molecule has 3 rings (SSSR count). The van der Waals surface area contributed by atoms with Crippen molar-refractivity contribution in [1.82, 2.24) is 14.8 Å². The minimum atomic E-state index is -0.488. The number of non-ortho nitro benzene ring substituents is 1. The largest absolute Gasteiger partial charge is 0.483 e. The molecule has 1 N–H and O–H groups in total. The Bertz CT molecular complexity index is 1050. The summed E-state index contributed by atoms with van der Waals surface area (Å²) in [6.07, 6.45) is 0.658. The Kier molecular flexibility index (Phi) is 7.24. The number of carbonyl (C=O) groups excluding carboxylic acids is 1. The number of nitrogens with one attached hydrogen (secondary N) is 1. The van der Waals surface area contributed by atoms with E-state index < -0.39 is 4.92 Å². The highest BCUT2D eigenvalue weighted by molar-refractivity contribution is 7.99. The van der Waals surface area contributed by atoms with Gasteiger partial charge in [-0.2, -0.15) is 0 Å². The van der Waals surface area contributed by atoms with E-state index in [4.69, 9.17) is 4.74 Å². The lowest BCUT2D eigenvalue weighted by Crippen LogP contribution is -2.15. The van der Waals surface area contributed by atoms with Crippen LogP contribution >= 0.6 is 11.8 Å². The minimum Gasteiger partial charge on any atom is -0.483 e. The fourth-order valence-corrected chi connectivity index (χ4v) is 3.58. The first-order valence-corrected chi connectivity index (χ1v) is 10.7. The predicted octanol–water partition coefficient (Wildman–Crippen LogP) is 4.16. The third-order valence-corrected chi connectivity index (χ3v) is 5.59. The molecule has 1 atom stereocenters. The Morgan fingerprint density at radius 1 is 1.19 bits per heavy atom. The molecule has 0 radical (unpaired) electrons. The number of hydrogen-bond acceptors (Lipinski definition) is 7. The molecule has 3 aromatic rings. The molecule has 0 unspecified atom stereocenters. The van der Waals surface area contributed by atoms with Crippen LogP contribution in [0.25, 0.3) is 0 Å². The second-order valence-electron chi connectivity index (χ2n) is 6.80. The zero-order valence-corrected chi connectivity index (χ0v) is 18.3. The van der Waals surface area contributed by atoms with Gasteiger partial charge in [0.25, 0.3) is 5.69 Å². The summed E-state index contributed by atoms with van der Waals surface area (Å²) in [5, 5.41) is 22.4. The summed E-state index contributed by atoms with van der Waals surface area (Å²) in [4.78, 5) is 22.4. The molecule has 1 heterocycles. The summed E-state index contributed by atoms with van der Waals surface area (Å²) in [7, 11) is 1.83. The Hall–Kier alpha value is -3.40. The van der Waals surface area contributed by atoms with Gasteiger partial charge < -0.3 is 14.6 Å². The standard InChI is InChI=1S/C21H23N5O4S/c1-4-15-5-11-18(12-6-15)30-14(2)20-23-24-21(25(20)3)31-13-19(27)22-16-7-9-17(10-8-16)26(28)29/h5-12,14H,4,13H2,1-3H3,(H,22,27)/t14-/m1/s1. The zero-order chi connectivity index (χ0) is 22.4. The highest BCUT2D eigenvalue weighted by Gasteiger charge is 2.18. The van der Waals surface area contributed by atoms with E-state index in [2.05, 4.69) is 22.4 Å². The van der Waals surface area contributed by atoms with E-state index in [1.54, 1.807) is 4.57 Å². The van der Waals surface area contributed by atoms with Crippen molar-refractivity contribution in [3.05, 3.63) is 70.0 Å². The molecule has 1 amide bonds. The van der Waals surface area contributed by atoms with E-state index in [1.165, 1.54) is 41.6 Å². The van der Waals surface area contributed by atoms with Crippen LogP contribution in [0.5, 0.6) is 5.75 Å². The molecule has 0 saturated heterocycles. The summed E-state index contributed by atoms with van der Waals surface area (Å²) < 4.78 is 7.77. The normalized spacial score (nSPS) is 11.7. The van der Waals surface area contributed by atoms with E-state index >= 15 is 0 Å². The topological polar surface area (TPSA) is 112 Å². The van der Waals surface area contributed by atoms with Crippen molar-refractivity contribution in [2.75, 3.05) is 11.1 Å². The van der Waals surface area contributed by atoms with Crippen molar-refractivity contribution in [3.8, 4) is 5.75 Å². The van der Waals surface area contributed by atoms with E-state index in [-0.39, 0.29) is 23.5 Å². The quantitative estimate of drug-likeness (QED) is 0.301. The highest BCUT2D eigenvalue weighted by atomic mass is 32.2. The van der Waals surface area contributed by atoms with Crippen LogP contribution in [0.1, 0.15) is 31.3 Å². The monoisotopic (exact) mass is 441 g/mol. The first-order valence-electron chi connectivity index (χ1n) is 9.69. The van der Waals surface area contributed by atoms with Gasteiger partial charge in [-0.15, -0.1) is 10.2 Å². The Morgan fingerprint density at radius 3 is 2.48 bits per heavy atom. The average molecular weight is 442 g/mol. The van der Waals surface area contributed by atoms with E-state index in [0.717, 1.165) is 12.2 Å². The van der Waals surface area contributed by atoms with Gasteiger partial charge in [0.1, 0.15) is 5.75 Å². The van der Waals surface area contributed by atoms with Gasteiger partial charge in [-0.1, -0.05) is 30.8 Å². The van der Waals surface area contributed by atoms with Gasteiger partial charge in [0, 0.05) is 24.9 Å². The third-order valence-electron chi connectivity index (χ3n) is 4.57. The van der Waals surface area contributed by atoms with Crippen molar-refractivity contribution in [1.29, 1.82) is 0 Å². The molecule has 162 valence electrons. The molecular formula is C21H23N5O4S. The van der Waals surface area contributed by atoms with Crippen molar-refractivity contribution < 1.29 is 14.5 Å². The first-order chi connectivity index (χ1) is 14.9. The van der Waals surface area contributed by atoms with E-state index in [0.29, 0.717) is 16.7 Å². The molecule has 0 saturated carbocycles. The first kappa shape index (κ1) is 22.3. The number of nitrogens with zero attached hydrogens (tertiary/aromatic N) is 4. The van der Waals surface area contributed by atoms with E-state index in [1.807, 2.05) is 38.2 Å². The van der Waals surface area contributed by atoms with Gasteiger partial charge >= 0.3 is 0 Å². The number of aromatic nitrogens is 3. The number of nitro groups is 1. The second-order valence-corrected chi connectivity index (χ2v) is 7.74. The zero-order valence-electron chi connectivity index (χ0n) is 17.4. The predicted molar refractivity (Wildman–Crippen MR) is 118 cm³/mol. The fourth-order valence-electron chi connectivity index (χ4n) is 2.86. The van der Waals surface area contributed by atoms with Crippen molar-refractivity contribution in [2.24, 2.45) is 7.05 Å². The number of hydrogen-bond donors (Lipinski definition) is 1. The van der Waals surface area contributed by atoms with Crippen LogP contribution in [0.2, 0.25) is 0 Å². The van der Waals surface area contributed by atoms with Crippen LogP contribution in [0, 0.1) is 10.1 Å². The van der Waals surface area contributed by atoms with Gasteiger partial charge in [-0.05, 0) is 43.2 Å². The Labute approximate surface area is 184 Å². The van der Waals surface area contributed by atoms with Gasteiger partial charge in [-0.3, -0.25) is 14.9 Å². The number of thioether (sulfide) groups is 1. The lowest BCUT2D eigenvalue weighted by molar-refractivity contribution is -0.384. The number of anilines is 1. The molecule has 10 heteroatoms. The molecule has 0 aliphatic carbocycles. The van der Waals surface area contributed by atoms with Crippen LogP contribution in [0.4, 0.5) is 11.4 Å². The summed E-state index contributed by atoms with van der Waals surface area (Å²) in [5.74, 6) is 1.28. The lowest BCUT2D eigenvalue weighted by atomic mass is 10.2. The molecule has 0 bridgehead atoms. The number of ether oxygens (including phenoxy) is 1. The lowest BCUT2D eigenvalue weighted by Gasteiger charge is -2.14. The van der Waals surface area contributed by atoms with E-state index in [9.17, 15) is 14.9 Å². The van der Waals surface area contributed by atoms with Crippen LogP contribution in [0.15, 0.2) is 53.7 Å². The SMILES string of the molecule is CCc1ccc(O[C@H](C)c2nnc(SCC(=O)Nc3ccc([N+](=O)[O-])cc3)n2C)cc1. The number of aryl methyl sites for hydroxylation is 1. The number of amides is 1.